The van der Waals surface area contributed by atoms with E-state index in [1.54, 1.807) is 9.13 Å². The fourth-order valence-corrected chi connectivity index (χ4v) is 1.83. The summed E-state index contributed by atoms with van der Waals surface area (Å²) in [4.78, 5) is 12.0. The van der Waals surface area contributed by atoms with Crippen LogP contribution in [0.15, 0.2) is 41.5 Å². The fourth-order valence-electron chi connectivity index (χ4n) is 1.83. The Labute approximate surface area is 101 Å². The average molecular weight is 230 g/mol. The molecule has 0 fully saturated rings. The molecule has 0 amide bonds. The summed E-state index contributed by atoms with van der Waals surface area (Å²) in [6, 6.07) is 8.48. The van der Waals surface area contributed by atoms with Crippen LogP contribution in [0.3, 0.4) is 0 Å². The van der Waals surface area contributed by atoms with Crippen molar-refractivity contribution in [1.29, 1.82) is 0 Å². The summed E-state index contributed by atoms with van der Waals surface area (Å²) < 4.78 is 3.48. The number of imidazole rings is 1. The molecule has 3 nitrogen and oxygen atoms in total. The Morgan fingerprint density at radius 3 is 2.29 bits per heavy atom. The van der Waals surface area contributed by atoms with Crippen LogP contribution in [0.4, 0.5) is 0 Å². The minimum Gasteiger partial charge on any atom is -0.297 e. The maximum absolute atomic E-state index is 12.0. The van der Waals surface area contributed by atoms with E-state index in [4.69, 9.17) is 0 Å². The van der Waals surface area contributed by atoms with E-state index in [1.807, 2.05) is 26.2 Å². The van der Waals surface area contributed by atoms with Gasteiger partial charge in [0.25, 0.3) is 0 Å². The van der Waals surface area contributed by atoms with Gasteiger partial charge in [0.05, 0.1) is 6.54 Å². The summed E-state index contributed by atoms with van der Waals surface area (Å²) in [6.45, 7) is 6.72. The number of nitrogens with zero attached hydrogens (tertiary/aromatic N) is 2. The van der Waals surface area contributed by atoms with Crippen molar-refractivity contribution in [2.45, 2.75) is 33.4 Å². The molecule has 17 heavy (non-hydrogen) atoms. The Bertz CT molecular complexity index is 546. The Hall–Kier alpha value is -1.77. The van der Waals surface area contributed by atoms with Crippen LogP contribution < -0.4 is 5.69 Å². The van der Waals surface area contributed by atoms with E-state index in [1.165, 1.54) is 5.56 Å². The highest BCUT2D eigenvalue weighted by atomic mass is 16.1. The maximum atomic E-state index is 12.0. The number of aromatic nitrogens is 2. The van der Waals surface area contributed by atoms with Crippen LogP contribution in [-0.2, 0) is 6.54 Å². The Kier molecular flexibility index (Phi) is 3.18. The molecule has 0 aliphatic heterocycles. The summed E-state index contributed by atoms with van der Waals surface area (Å²) >= 11 is 0. The van der Waals surface area contributed by atoms with Crippen LogP contribution in [0.1, 0.15) is 31.0 Å². The number of hydrogen-bond acceptors (Lipinski definition) is 1. The second-order valence-electron chi connectivity index (χ2n) is 4.70. The fraction of sp³-hybridized carbons (Fsp3) is 0.357. The molecule has 0 atom stereocenters. The zero-order valence-electron chi connectivity index (χ0n) is 10.6. The van der Waals surface area contributed by atoms with Crippen molar-refractivity contribution < 1.29 is 0 Å². The summed E-state index contributed by atoms with van der Waals surface area (Å²) in [5.74, 6) is 0. The molecule has 0 saturated heterocycles. The molecule has 2 aromatic rings. The number of rotatable bonds is 3. The summed E-state index contributed by atoms with van der Waals surface area (Å²) in [5.41, 5.74) is 2.45. The number of hydrogen-bond donors (Lipinski definition) is 0. The molecular formula is C14H18N2O. The molecule has 90 valence electrons. The zero-order chi connectivity index (χ0) is 12.4. The van der Waals surface area contributed by atoms with Crippen molar-refractivity contribution in [3.8, 4) is 0 Å². The third-order valence-corrected chi connectivity index (χ3v) is 2.90. The molecule has 0 N–H and O–H groups in total. The van der Waals surface area contributed by atoms with Crippen LogP contribution >= 0.6 is 0 Å². The first-order valence-corrected chi connectivity index (χ1v) is 5.91. The predicted octanol–water partition coefficient (Wildman–Crippen LogP) is 2.59. The van der Waals surface area contributed by atoms with Crippen LogP contribution in [0.2, 0.25) is 0 Å². The molecule has 0 aliphatic rings. The third-order valence-electron chi connectivity index (χ3n) is 2.90. The largest absolute Gasteiger partial charge is 0.328 e. The van der Waals surface area contributed by atoms with Crippen molar-refractivity contribution in [1.82, 2.24) is 9.13 Å². The normalized spacial score (nSPS) is 11.1. The smallest absolute Gasteiger partial charge is 0.297 e. The monoisotopic (exact) mass is 230 g/mol. The van der Waals surface area contributed by atoms with E-state index >= 15 is 0 Å². The minimum absolute atomic E-state index is 0.0561. The molecule has 0 unspecified atom stereocenters. The van der Waals surface area contributed by atoms with Gasteiger partial charge in [-0.1, -0.05) is 29.8 Å². The van der Waals surface area contributed by atoms with E-state index in [-0.39, 0.29) is 11.7 Å². The van der Waals surface area contributed by atoms with Gasteiger partial charge < -0.3 is 0 Å². The van der Waals surface area contributed by atoms with E-state index in [2.05, 4.69) is 31.2 Å². The van der Waals surface area contributed by atoms with E-state index < -0.39 is 0 Å². The lowest BCUT2D eigenvalue weighted by Crippen LogP contribution is -2.25. The van der Waals surface area contributed by atoms with Crippen molar-refractivity contribution in [2.24, 2.45) is 0 Å². The van der Waals surface area contributed by atoms with Gasteiger partial charge in [-0.3, -0.25) is 9.13 Å². The first-order chi connectivity index (χ1) is 8.08. The van der Waals surface area contributed by atoms with Crippen LogP contribution in [0, 0.1) is 6.92 Å². The van der Waals surface area contributed by atoms with Crippen molar-refractivity contribution in [2.75, 3.05) is 0 Å². The highest BCUT2D eigenvalue weighted by Gasteiger charge is 2.06. The molecule has 1 heterocycles. The first kappa shape index (κ1) is 11.7. The van der Waals surface area contributed by atoms with Crippen LogP contribution in [0.5, 0.6) is 0 Å². The van der Waals surface area contributed by atoms with Crippen molar-refractivity contribution in [3.05, 3.63) is 58.3 Å². The topological polar surface area (TPSA) is 26.9 Å². The molecule has 1 aromatic heterocycles. The van der Waals surface area contributed by atoms with Gasteiger partial charge in [0.15, 0.2) is 0 Å². The summed E-state index contributed by atoms with van der Waals surface area (Å²) in [7, 11) is 0. The SMILES string of the molecule is Cc1ccc(Cn2ccn(C(C)C)c2=O)cc1. The minimum atomic E-state index is 0.0561. The zero-order valence-corrected chi connectivity index (χ0v) is 10.6. The first-order valence-electron chi connectivity index (χ1n) is 5.91. The standard InChI is InChI=1S/C14H18N2O/c1-11(2)16-9-8-15(14(16)17)10-13-6-4-12(3)5-7-13/h4-9,11H,10H2,1-3H3. The van der Waals surface area contributed by atoms with Gasteiger partial charge in [0.2, 0.25) is 0 Å². The molecule has 0 spiro atoms. The molecule has 0 saturated carbocycles. The Morgan fingerprint density at radius 1 is 1.12 bits per heavy atom. The number of benzene rings is 1. The van der Waals surface area contributed by atoms with Crippen LogP contribution in [0.25, 0.3) is 0 Å². The molecule has 0 radical (unpaired) electrons. The Morgan fingerprint density at radius 2 is 1.76 bits per heavy atom. The van der Waals surface area contributed by atoms with E-state index in [9.17, 15) is 4.79 Å². The van der Waals surface area contributed by atoms with Gasteiger partial charge in [0, 0.05) is 18.4 Å². The molecule has 0 bridgehead atoms. The van der Waals surface area contributed by atoms with Crippen LogP contribution in [-0.4, -0.2) is 9.13 Å². The van der Waals surface area contributed by atoms with Gasteiger partial charge in [-0.25, -0.2) is 4.79 Å². The predicted molar refractivity (Wildman–Crippen MR) is 69.4 cm³/mol. The van der Waals surface area contributed by atoms with Gasteiger partial charge in [-0.05, 0) is 26.3 Å². The molecular weight excluding hydrogens is 212 g/mol. The van der Waals surface area contributed by atoms with Gasteiger partial charge in [0.1, 0.15) is 0 Å². The second-order valence-corrected chi connectivity index (χ2v) is 4.70. The van der Waals surface area contributed by atoms with Crippen molar-refractivity contribution in [3.63, 3.8) is 0 Å². The van der Waals surface area contributed by atoms with Gasteiger partial charge in [-0.2, -0.15) is 0 Å². The summed E-state index contributed by atoms with van der Waals surface area (Å²) in [6.07, 6.45) is 3.70. The molecule has 2 rings (SSSR count). The highest BCUT2D eigenvalue weighted by Crippen LogP contribution is 2.05. The van der Waals surface area contributed by atoms with E-state index in [0.29, 0.717) is 6.54 Å². The molecule has 0 aliphatic carbocycles. The summed E-state index contributed by atoms with van der Waals surface area (Å²) in [5, 5.41) is 0. The van der Waals surface area contributed by atoms with Crippen molar-refractivity contribution >= 4 is 0 Å². The highest BCUT2D eigenvalue weighted by molar-refractivity contribution is 5.21. The lowest BCUT2D eigenvalue weighted by molar-refractivity contribution is 0.561. The maximum Gasteiger partial charge on any atom is 0.328 e. The number of aryl methyl sites for hydroxylation is 1. The third kappa shape index (κ3) is 2.49. The quantitative estimate of drug-likeness (QED) is 0.796. The van der Waals surface area contributed by atoms with E-state index in [0.717, 1.165) is 5.56 Å². The molecule has 3 heteroatoms. The van der Waals surface area contributed by atoms with Gasteiger partial charge in [-0.15, -0.1) is 0 Å². The Balaban J connectivity index is 2.25. The second kappa shape index (κ2) is 4.62. The average Bonchev–Trinajstić information content (AvgIpc) is 2.64. The van der Waals surface area contributed by atoms with Gasteiger partial charge >= 0.3 is 5.69 Å². The molecule has 1 aromatic carbocycles. The lowest BCUT2D eigenvalue weighted by atomic mass is 10.1. The lowest BCUT2D eigenvalue weighted by Gasteiger charge is -2.05.